The average Bonchev–Trinajstić information content (AvgIpc) is 3.42. The smallest absolute Gasteiger partial charge is 0.243 e. The molecular formula is C26H30ClN5O6S. The molecule has 3 aromatic rings. The molecule has 2 aromatic carbocycles. The van der Waals surface area contributed by atoms with Crippen LogP contribution in [0.1, 0.15) is 18.7 Å². The minimum atomic E-state index is -3.71. The van der Waals surface area contributed by atoms with Crippen molar-refractivity contribution in [2.45, 2.75) is 24.3 Å². The van der Waals surface area contributed by atoms with Crippen LogP contribution in [0, 0.1) is 5.92 Å². The Kier molecular flexibility index (Phi) is 8.48. The molecule has 1 N–H and O–H groups in total. The number of piperidine rings is 1. The van der Waals surface area contributed by atoms with Crippen LogP contribution in [0.3, 0.4) is 0 Å². The van der Waals surface area contributed by atoms with Crippen molar-refractivity contribution in [2.75, 3.05) is 51.8 Å². The van der Waals surface area contributed by atoms with Gasteiger partial charge in [-0.05, 0) is 56.3 Å². The Morgan fingerprint density at radius 2 is 1.90 bits per heavy atom. The summed E-state index contributed by atoms with van der Waals surface area (Å²) in [5, 5.41) is 7.55. The van der Waals surface area contributed by atoms with Gasteiger partial charge in [0.25, 0.3) is 0 Å². The number of halogens is 1. The highest BCUT2D eigenvalue weighted by molar-refractivity contribution is 7.89. The number of rotatable bonds is 8. The molecule has 3 heterocycles. The molecule has 2 fully saturated rings. The quantitative estimate of drug-likeness (QED) is 0.430. The summed E-state index contributed by atoms with van der Waals surface area (Å²) >= 11 is 6.06. The number of sulfonamides is 1. The number of aromatic nitrogens is 2. The maximum absolute atomic E-state index is 13.1. The number of likely N-dealkylation sites (tertiary alicyclic amines) is 1. The zero-order valence-electron chi connectivity index (χ0n) is 21.5. The molecule has 0 saturated carbocycles. The van der Waals surface area contributed by atoms with E-state index in [0.717, 1.165) is 5.56 Å². The molecule has 208 valence electrons. The van der Waals surface area contributed by atoms with Gasteiger partial charge in [-0.25, -0.2) is 8.42 Å². The first-order chi connectivity index (χ1) is 18.8. The van der Waals surface area contributed by atoms with E-state index in [4.69, 9.17) is 25.6 Å². The summed E-state index contributed by atoms with van der Waals surface area (Å²) < 4.78 is 43.7. The molecule has 11 nitrogen and oxygen atoms in total. The molecule has 0 aliphatic carbocycles. The van der Waals surface area contributed by atoms with Crippen LogP contribution >= 0.6 is 11.6 Å². The molecule has 1 aromatic heterocycles. The third-order valence-corrected chi connectivity index (χ3v) is 9.03. The molecule has 2 saturated heterocycles. The first-order valence-electron chi connectivity index (χ1n) is 12.7. The zero-order valence-corrected chi connectivity index (χ0v) is 23.1. The minimum Gasteiger partial charge on any atom is -0.495 e. The maximum atomic E-state index is 13.1. The fourth-order valence-electron chi connectivity index (χ4n) is 4.72. The molecule has 13 heteroatoms. The number of methoxy groups -OCH3 is 1. The lowest BCUT2D eigenvalue weighted by molar-refractivity contribution is -0.121. The molecule has 2 aliphatic heterocycles. The molecule has 1 amide bonds. The number of nitrogens with one attached hydrogen (secondary N) is 1. The van der Waals surface area contributed by atoms with Crippen LogP contribution in [0.15, 0.2) is 51.9 Å². The van der Waals surface area contributed by atoms with Crippen LogP contribution in [0.5, 0.6) is 5.75 Å². The Bertz CT molecular complexity index is 1420. The molecule has 0 unspecified atom stereocenters. The molecule has 39 heavy (non-hydrogen) atoms. The topological polar surface area (TPSA) is 127 Å². The number of amides is 1. The monoisotopic (exact) mass is 575 g/mol. The third-order valence-electron chi connectivity index (χ3n) is 6.90. The second-order valence-electron chi connectivity index (χ2n) is 9.44. The van der Waals surface area contributed by atoms with E-state index in [-0.39, 0.29) is 16.7 Å². The molecule has 5 rings (SSSR count). The molecule has 0 spiro atoms. The number of nitrogens with zero attached hydrogens (tertiary/aromatic N) is 4. The number of anilines is 1. The van der Waals surface area contributed by atoms with Crippen LogP contribution in [0.2, 0.25) is 5.02 Å². The Morgan fingerprint density at radius 1 is 1.13 bits per heavy atom. The lowest BCUT2D eigenvalue weighted by Crippen LogP contribution is -2.40. The van der Waals surface area contributed by atoms with E-state index in [2.05, 4.69) is 20.4 Å². The second kappa shape index (κ2) is 12.0. The van der Waals surface area contributed by atoms with Gasteiger partial charge in [-0.1, -0.05) is 28.9 Å². The number of ether oxygens (including phenoxy) is 2. The molecular weight excluding hydrogens is 546 g/mol. The van der Waals surface area contributed by atoms with Gasteiger partial charge in [-0.2, -0.15) is 9.29 Å². The first kappa shape index (κ1) is 27.5. The Labute approximate surface area is 232 Å². The van der Waals surface area contributed by atoms with Crippen molar-refractivity contribution in [3.63, 3.8) is 0 Å². The number of morpholine rings is 1. The van der Waals surface area contributed by atoms with E-state index in [1.807, 2.05) is 12.1 Å². The van der Waals surface area contributed by atoms with Gasteiger partial charge >= 0.3 is 0 Å². The summed E-state index contributed by atoms with van der Waals surface area (Å²) in [5.41, 5.74) is 1.11. The largest absolute Gasteiger partial charge is 0.495 e. The number of carbonyl (C=O) groups is 1. The first-order valence-corrected chi connectivity index (χ1v) is 14.5. The van der Waals surface area contributed by atoms with Gasteiger partial charge in [-0.15, -0.1) is 0 Å². The van der Waals surface area contributed by atoms with E-state index in [9.17, 15) is 13.2 Å². The van der Waals surface area contributed by atoms with Crippen molar-refractivity contribution in [3.05, 3.63) is 53.4 Å². The highest BCUT2D eigenvalue weighted by Gasteiger charge is 2.29. The summed E-state index contributed by atoms with van der Waals surface area (Å²) in [7, 11) is -2.23. The second-order valence-corrected chi connectivity index (χ2v) is 11.8. The van der Waals surface area contributed by atoms with Gasteiger partial charge in [-0.3, -0.25) is 9.69 Å². The van der Waals surface area contributed by atoms with Gasteiger partial charge in [0, 0.05) is 29.6 Å². The fraction of sp³-hybridized carbons (Fsp3) is 0.423. The van der Waals surface area contributed by atoms with E-state index >= 15 is 0 Å². The van der Waals surface area contributed by atoms with Crippen molar-refractivity contribution in [1.82, 2.24) is 19.3 Å². The molecule has 0 atom stereocenters. The molecule has 0 radical (unpaired) electrons. The predicted molar refractivity (Wildman–Crippen MR) is 144 cm³/mol. The lowest BCUT2D eigenvalue weighted by atomic mass is 9.96. The van der Waals surface area contributed by atoms with Crippen LogP contribution < -0.4 is 10.1 Å². The molecule has 2 aliphatic rings. The third kappa shape index (κ3) is 6.42. The van der Waals surface area contributed by atoms with E-state index in [1.54, 1.807) is 18.2 Å². The highest BCUT2D eigenvalue weighted by Crippen LogP contribution is 2.31. The fourth-order valence-corrected chi connectivity index (χ4v) is 6.35. The zero-order chi connectivity index (χ0) is 27.4. The van der Waals surface area contributed by atoms with Gasteiger partial charge in [0.2, 0.25) is 27.6 Å². The van der Waals surface area contributed by atoms with Crippen molar-refractivity contribution in [3.8, 4) is 17.1 Å². The Hall–Kier alpha value is -3.03. The Balaban J connectivity index is 1.19. The van der Waals surface area contributed by atoms with Gasteiger partial charge in [0.1, 0.15) is 5.75 Å². The maximum Gasteiger partial charge on any atom is 0.243 e. The van der Waals surface area contributed by atoms with Crippen molar-refractivity contribution >= 4 is 33.2 Å². The van der Waals surface area contributed by atoms with Gasteiger partial charge in [0.05, 0.1) is 37.5 Å². The van der Waals surface area contributed by atoms with Crippen LogP contribution in [-0.2, 0) is 26.1 Å². The van der Waals surface area contributed by atoms with Gasteiger partial charge < -0.3 is 19.3 Å². The number of benzene rings is 2. The standard InChI is InChI=1S/C26H30ClN5O6S/c1-36-23-6-5-21(39(34,35)32-11-13-37-14-12-32)16-22(23)28-26(33)18-7-9-31(10-8-18)17-24-29-25(30-38-24)19-3-2-4-20(27)15-19/h2-6,15-16,18H,7-14,17H2,1H3,(H,28,33). The SMILES string of the molecule is COc1ccc(S(=O)(=O)N2CCOCC2)cc1NC(=O)C1CCN(Cc2nc(-c3cccc(Cl)c3)no2)CC1. The normalized spacial score (nSPS) is 17.7. The van der Waals surface area contributed by atoms with E-state index in [0.29, 0.717) is 87.0 Å². The van der Waals surface area contributed by atoms with Crippen molar-refractivity contribution in [2.24, 2.45) is 5.92 Å². The lowest BCUT2D eigenvalue weighted by Gasteiger charge is -2.30. The summed E-state index contributed by atoms with van der Waals surface area (Å²) in [6.07, 6.45) is 1.27. The predicted octanol–water partition coefficient (Wildman–Crippen LogP) is 3.27. The van der Waals surface area contributed by atoms with Gasteiger partial charge in [0.15, 0.2) is 0 Å². The number of hydrogen-bond donors (Lipinski definition) is 1. The van der Waals surface area contributed by atoms with E-state index < -0.39 is 10.0 Å². The number of hydrogen-bond acceptors (Lipinski definition) is 9. The van der Waals surface area contributed by atoms with Crippen molar-refractivity contribution in [1.29, 1.82) is 0 Å². The summed E-state index contributed by atoms with van der Waals surface area (Å²) in [6, 6.07) is 11.8. The van der Waals surface area contributed by atoms with Crippen molar-refractivity contribution < 1.29 is 27.2 Å². The summed E-state index contributed by atoms with van der Waals surface area (Å²) in [6.45, 7) is 3.13. The van der Waals surface area contributed by atoms with Crippen LogP contribution in [0.25, 0.3) is 11.4 Å². The summed E-state index contributed by atoms with van der Waals surface area (Å²) in [5.74, 6) is 0.975. The van der Waals surface area contributed by atoms with E-state index in [1.165, 1.54) is 23.5 Å². The summed E-state index contributed by atoms with van der Waals surface area (Å²) in [4.78, 5) is 19.9. The van der Waals surface area contributed by atoms with Crippen LogP contribution in [0.4, 0.5) is 5.69 Å². The Morgan fingerprint density at radius 3 is 2.62 bits per heavy atom. The number of carbonyl (C=O) groups excluding carboxylic acids is 1. The average molecular weight is 576 g/mol. The minimum absolute atomic E-state index is 0.104. The molecule has 0 bridgehead atoms. The van der Waals surface area contributed by atoms with Crippen LogP contribution in [-0.4, -0.2) is 80.2 Å². The highest BCUT2D eigenvalue weighted by atomic mass is 35.5.